The number of carbonyl (C=O) groups excluding carboxylic acids is 1. The van der Waals surface area contributed by atoms with Crippen molar-refractivity contribution < 1.29 is 4.79 Å². The Morgan fingerprint density at radius 2 is 1.86 bits per heavy atom. The fraction of sp³-hybridized carbons (Fsp3) is 0.158. The molecule has 0 saturated carbocycles. The molecule has 0 aliphatic heterocycles. The van der Waals surface area contributed by atoms with Crippen molar-refractivity contribution in [1.29, 1.82) is 0 Å². The van der Waals surface area contributed by atoms with Gasteiger partial charge in [-0.3, -0.25) is 9.78 Å². The third kappa shape index (κ3) is 3.05. The zero-order chi connectivity index (χ0) is 15.4. The van der Waals surface area contributed by atoms with Gasteiger partial charge in [-0.1, -0.05) is 48.5 Å². The highest BCUT2D eigenvalue weighted by Gasteiger charge is 2.18. The number of nitrogens with two attached hydrogens (primary N) is 1. The molecule has 1 aromatic heterocycles. The summed E-state index contributed by atoms with van der Waals surface area (Å²) >= 11 is 0. The van der Waals surface area contributed by atoms with Crippen LogP contribution < -0.4 is 5.73 Å². The SMILES string of the molecule is NCC(C(=O)Cc1ccc2cnccc2c1)c1ccccc1. The van der Waals surface area contributed by atoms with E-state index >= 15 is 0 Å². The molecule has 0 saturated heterocycles. The van der Waals surface area contributed by atoms with E-state index in [0.29, 0.717) is 13.0 Å². The second kappa shape index (κ2) is 6.50. The molecular formula is C19H18N2O. The number of hydrogen-bond donors (Lipinski definition) is 1. The fourth-order valence-electron chi connectivity index (χ4n) is 2.71. The van der Waals surface area contributed by atoms with Crippen molar-refractivity contribution in [2.45, 2.75) is 12.3 Å². The van der Waals surface area contributed by atoms with Gasteiger partial charge in [0.2, 0.25) is 0 Å². The molecule has 3 aromatic rings. The maximum Gasteiger partial charge on any atom is 0.145 e. The minimum absolute atomic E-state index is 0.155. The van der Waals surface area contributed by atoms with Crippen LogP contribution in [0.1, 0.15) is 17.0 Å². The Balaban J connectivity index is 1.82. The molecular weight excluding hydrogens is 272 g/mol. The van der Waals surface area contributed by atoms with Crippen LogP contribution in [0.15, 0.2) is 67.0 Å². The number of rotatable bonds is 5. The first-order chi connectivity index (χ1) is 10.8. The van der Waals surface area contributed by atoms with Crippen molar-refractivity contribution >= 4 is 16.6 Å². The van der Waals surface area contributed by atoms with E-state index in [-0.39, 0.29) is 11.7 Å². The summed E-state index contributed by atoms with van der Waals surface area (Å²) in [5.74, 6) is -0.0866. The molecule has 0 aliphatic rings. The standard InChI is InChI=1S/C19H18N2O/c20-12-18(15-4-2-1-3-5-15)19(22)11-14-6-7-17-13-21-9-8-16(17)10-14/h1-10,13,18H,11-12,20H2. The smallest absolute Gasteiger partial charge is 0.145 e. The van der Waals surface area contributed by atoms with Crippen LogP contribution in [0.25, 0.3) is 10.8 Å². The van der Waals surface area contributed by atoms with E-state index in [1.165, 1.54) is 0 Å². The van der Waals surface area contributed by atoms with Crippen molar-refractivity contribution in [3.05, 3.63) is 78.1 Å². The van der Waals surface area contributed by atoms with E-state index < -0.39 is 0 Å². The van der Waals surface area contributed by atoms with Gasteiger partial charge in [0.1, 0.15) is 5.78 Å². The summed E-state index contributed by atoms with van der Waals surface area (Å²) in [5, 5.41) is 2.18. The molecule has 0 bridgehead atoms. The van der Waals surface area contributed by atoms with Gasteiger partial charge in [-0.05, 0) is 22.6 Å². The van der Waals surface area contributed by atoms with Crippen LogP contribution in [-0.2, 0) is 11.2 Å². The van der Waals surface area contributed by atoms with Crippen molar-refractivity contribution in [1.82, 2.24) is 4.98 Å². The number of aromatic nitrogens is 1. The molecule has 0 fully saturated rings. The van der Waals surface area contributed by atoms with Crippen LogP contribution >= 0.6 is 0 Å². The predicted octanol–water partition coefficient (Wildman–Crippen LogP) is 3.09. The summed E-state index contributed by atoms with van der Waals surface area (Å²) in [6.45, 7) is 0.334. The predicted molar refractivity (Wildman–Crippen MR) is 88.7 cm³/mol. The summed E-state index contributed by atoms with van der Waals surface area (Å²) < 4.78 is 0. The molecule has 1 unspecified atom stereocenters. The summed E-state index contributed by atoms with van der Waals surface area (Å²) in [4.78, 5) is 16.7. The minimum atomic E-state index is -0.241. The number of ketones is 1. The number of nitrogens with zero attached hydrogens (tertiary/aromatic N) is 1. The van der Waals surface area contributed by atoms with Crippen molar-refractivity contribution in [2.24, 2.45) is 5.73 Å². The largest absolute Gasteiger partial charge is 0.329 e. The van der Waals surface area contributed by atoms with Crippen LogP contribution in [0.5, 0.6) is 0 Å². The maximum absolute atomic E-state index is 12.6. The topological polar surface area (TPSA) is 56.0 Å². The van der Waals surface area contributed by atoms with Gasteiger partial charge in [0, 0.05) is 30.7 Å². The van der Waals surface area contributed by atoms with Gasteiger partial charge in [0.25, 0.3) is 0 Å². The van der Waals surface area contributed by atoms with Crippen molar-refractivity contribution in [2.75, 3.05) is 6.54 Å². The Hall–Kier alpha value is -2.52. The summed E-state index contributed by atoms with van der Waals surface area (Å²) in [6.07, 6.45) is 3.99. The van der Waals surface area contributed by atoms with Crippen LogP contribution in [0.3, 0.4) is 0 Å². The van der Waals surface area contributed by atoms with Gasteiger partial charge in [-0.2, -0.15) is 0 Å². The Morgan fingerprint density at radius 3 is 2.64 bits per heavy atom. The summed E-state index contributed by atoms with van der Waals surface area (Å²) in [5.41, 5.74) is 7.82. The first-order valence-electron chi connectivity index (χ1n) is 7.38. The Labute approximate surface area is 129 Å². The van der Waals surface area contributed by atoms with Crippen LogP contribution in [-0.4, -0.2) is 17.3 Å². The number of carbonyl (C=O) groups is 1. The van der Waals surface area contributed by atoms with Gasteiger partial charge >= 0.3 is 0 Å². The second-order valence-electron chi connectivity index (χ2n) is 5.40. The highest BCUT2D eigenvalue weighted by molar-refractivity contribution is 5.89. The third-order valence-corrected chi connectivity index (χ3v) is 3.91. The van der Waals surface area contributed by atoms with Crippen LogP contribution in [0.4, 0.5) is 0 Å². The summed E-state index contributed by atoms with van der Waals surface area (Å²) in [6, 6.07) is 17.7. The molecule has 0 radical (unpaired) electrons. The summed E-state index contributed by atoms with van der Waals surface area (Å²) in [7, 11) is 0. The highest BCUT2D eigenvalue weighted by Crippen LogP contribution is 2.20. The molecule has 0 aliphatic carbocycles. The van der Waals surface area contributed by atoms with E-state index in [1.807, 2.05) is 60.8 Å². The molecule has 0 spiro atoms. The molecule has 1 heterocycles. The molecule has 0 amide bonds. The molecule has 110 valence electrons. The number of pyridine rings is 1. The second-order valence-corrected chi connectivity index (χ2v) is 5.40. The fourth-order valence-corrected chi connectivity index (χ4v) is 2.71. The zero-order valence-electron chi connectivity index (χ0n) is 12.3. The van der Waals surface area contributed by atoms with Crippen LogP contribution in [0.2, 0.25) is 0 Å². The first-order valence-corrected chi connectivity index (χ1v) is 7.38. The molecule has 3 nitrogen and oxygen atoms in total. The molecule has 3 heteroatoms. The minimum Gasteiger partial charge on any atom is -0.329 e. The van der Waals surface area contributed by atoms with Gasteiger partial charge in [0.15, 0.2) is 0 Å². The normalized spacial score (nSPS) is 12.2. The third-order valence-electron chi connectivity index (χ3n) is 3.91. The van der Waals surface area contributed by atoms with Gasteiger partial charge in [0.05, 0.1) is 5.92 Å². The van der Waals surface area contributed by atoms with Gasteiger partial charge in [-0.15, -0.1) is 0 Å². The Kier molecular flexibility index (Phi) is 4.26. The lowest BCUT2D eigenvalue weighted by atomic mass is 9.91. The first kappa shape index (κ1) is 14.4. The number of fused-ring (bicyclic) bond motifs is 1. The number of hydrogen-bond acceptors (Lipinski definition) is 3. The zero-order valence-corrected chi connectivity index (χ0v) is 12.3. The Bertz CT molecular complexity index is 784. The van der Waals surface area contributed by atoms with Gasteiger partial charge in [-0.25, -0.2) is 0 Å². The maximum atomic E-state index is 12.6. The average molecular weight is 290 g/mol. The highest BCUT2D eigenvalue weighted by atomic mass is 16.1. The van der Waals surface area contributed by atoms with Crippen molar-refractivity contribution in [3.63, 3.8) is 0 Å². The molecule has 2 aromatic carbocycles. The lowest BCUT2D eigenvalue weighted by molar-refractivity contribution is -0.119. The van der Waals surface area contributed by atoms with Crippen LogP contribution in [0, 0.1) is 0 Å². The average Bonchev–Trinajstić information content (AvgIpc) is 2.56. The molecule has 2 N–H and O–H groups in total. The molecule has 1 atom stereocenters. The number of Topliss-reactive ketones (excluding diaryl/α,β-unsaturated/α-hetero) is 1. The molecule has 22 heavy (non-hydrogen) atoms. The lowest BCUT2D eigenvalue weighted by Gasteiger charge is -2.14. The van der Waals surface area contributed by atoms with Gasteiger partial charge < -0.3 is 5.73 Å². The Morgan fingerprint density at radius 1 is 1.05 bits per heavy atom. The van der Waals surface area contributed by atoms with E-state index in [2.05, 4.69) is 4.98 Å². The van der Waals surface area contributed by atoms with E-state index in [4.69, 9.17) is 5.73 Å². The monoisotopic (exact) mass is 290 g/mol. The lowest BCUT2D eigenvalue weighted by Crippen LogP contribution is -2.23. The van der Waals surface area contributed by atoms with E-state index in [9.17, 15) is 4.79 Å². The number of benzene rings is 2. The quantitative estimate of drug-likeness (QED) is 0.785. The van der Waals surface area contributed by atoms with E-state index in [1.54, 1.807) is 6.20 Å². The van der Waals surface area contributed by atoms with E-state index in [0.717, 1.165) is 21.9 Å². The van der Waals surface area contributed by atoms with Crippen molar-refractivity contribution in [3.8, 4) is 0 Å². The molecule has 3 rings (SSSR count).